The monoisotopic (exact) mass is 363 g/mol. The molecule has 0 atom stereocenters. The molecule has 0 bridgehead atoms. The topological polar surface area (TPSA) is 63.6 Å². The van der Waals surface area contributed by atoms with Gasteiger partial charge in [0.1, 0.15) is 0 Å². The van der Waals surface area contributed by atoms with Gasteiger partial charge in [0, 0.05) is 16.5 Å². The van der Waals surface area contributed by atoms with Crippen molar-refractivity contribution in [2.75, 3.05) is 7.11 Å². The highest BCUT2D eigenvalue weighted by Gasteiger charge is 2.26. The van der Waals surface area contributed by atoms with E-state index >= 15 is 0 Å². The predicted octanol–water partition coefficient (Wildman–Crippen LogP) is 4.80. The van der Waals surface area contributed by atoms with Crippen molar-refractivity contribution in [2.24, 2.45) is 0 Å². The van der Waals surface area contributed by atoms with Crippen LogP contribution in [0.2, 0.25) is 0 Å². The fourth-order valence-corrected chi connectivity index (χ4v) is 5.63. The van der Waals surface area contributed by atoms with Crippen molar-refractivity contribution in [1.29, 1.82) is 0 Å². The van der Waals surface area contributed by atoms with Crippen molar-refractivity contribution in [1.82, 2.24) is 0 Å². The van der Waals surface area contributed by atoms with Gasteiger partial charge in [0.05, 0.1) is 23.4 Å². The van der Waals surface area contributed by atoms with E-state index in [-0.39, 0.29) is 11.0 Å². The first kappa shape index (κ1) is 16.3. The van der Waals surface area contributed by atoms with Crippen LogP contribution in [0.25, 0.3) is 25.1 Å². The number of aromatic carboxylic acids is 1. The zero-order chi connectivity index (χ0) is 18.3. The Morgan fingerprint density at radius 2 is 1.50 bits per heavy atom. The van der Waals surface area contributed by atoms with Gasteiger partial charge in [-0.05, 0) is 36.4 Å². The summed E-state index contributed by atoms with van der Waals surface area (Å²) >= 11 is 0. The van der Waals surface area contributed by atoms with Crippen LogP contribution >= 0.6 is 10.5 Å². The Morgan fingerprint density at radius 1 is 0.923 bits per heavy atom. The number of ether oxygens (including phenoxy) is 1. The highest BCUT2D eigenvalue weighted by Crippen LogP contribution is 2.47. The first-order valence-corrected chi connectivity index (χ1v) is 9.22. The summed E-state index contributed by atoms with van der Waals surface area (Å²) in [5, 5.41) is 10.7. The molecule has 1 aromatic heterocycles. The molecule has 0 spiro atoms. The number of benzene rings is 3. The standard InChI is InChI=1S/C21H14O4S/c1-25-16-11-10-13(21(23)24)12-19(16)26-17-8-4-2-6-14(17)20(22)15-7-3-5-9-18(15)26/h2-12H,1H3/p+1. The van der Waals surface area contributed by atoms with E-state index in [1.54, 1.807) is 19.2 Å². The quantitative estimate of drug-likeness (QED) is 0.419. The zero-order valence-electron chi connectivity index (χ0n) is 13.9. The van der Waals surface area contributed by atoms with Gasteiger partial charge < -0.3 is 9.84 Å². The van der Waals surface area contributed by atoms with Crippen molar-refractivity contribution in [3.8, 4) is 10.6 Å². The van der Waals surface area contributed by atoms with Gasteiger partial charge >= 0.3 is 5.97 Å². The van der Waals surface area contributed by atoms with Gasteiger partial charge in [-0.3, -0.25) is 4.79 Å². The molecule has 4 rings (SSSR count). The van der Waals surface area contributed by atoms with Crippen LogP contribution in [0.5, 0.6) is 5.75 Å². The first-order valence-electron chi connectivity index (χ1n) is 8.00. The summed E-state index contributed by atoms with van der Waals surface area (Å²) in [5.41, 5.74) is 0.188. The summed E-state index contributed by atoms with van der Waals surface area (Å²) in [6.45, 7) is 0. The Labute approximate surface area is 151 Å². The lowest BCUT2D eigenvalue weighted by atomic mass is 10.2. The van der Waals surface area contributed by atoms with E-state index in [4.69, 9.17) is 4.74 Å². The van der Waals surface area contributed by atoms with Crippen molar-refractivity contribution in [3.05, 3.63) is 82.5 Å². The van der Waals surface area contributed by atoms with E-state index in [0.29, 0.717) is 16.5 Å². The summed E-state index contributed by atoms with van der Waals surface area (Å²) in [6.07, 6.45) is 0. The lowest BCUT2D eigenvalue weighted by molar-refractivity contribution is 0.0697. The van der Waals surface area contributed by atoms with Gasteiger partial charge in [-0.1, -0.05) is 24.3 Å². The van der Waals surface area contributed by atoms with Crippen molar-refractivity contribution < 1.29 is 14.6 Å². The molecule has 5 heteroatoms. The number of carbonyl (C=O) groups is 1. The van der Waals surface area contributed by atoms with Crippen LogP contribution in [0.4, 0.5) is 0 Å². The van der Waals surface area contributed by atoms with Crippen LogP contribution < -0.4 is 10.2 Å². The van der Waals surface area contributed by atoms with Crippen LogP contribution in [0.1, 0.15) is 10.4 Å². The molecule has 4 aromatic rings. The number of rotatable bonds is 3. The van der Waals surface area contributed by atoms with Gasteiger partial charge in [0.2, 0.25) is 10.3 Å². The Kier molecular flexibility index (Phi) is 3.93. The summed E-state index contributed by atoms with van der Waals surface area (Å²) < 4.78 is 7.29. The minimum absolute atomic E-state index is 0.00620. The van der Waals surface area contributed by atoms with Gasteiger partial charge in [0.15, 0.2) is 15.1 Å². The summed E-state index contributed by atoms with van der Waals surface area (Å²) in [4.78, 5) is 25.1. The van der Waals surface area contributed by atoms with Gasteiger partial charge in [0.25, 0.3) is 0 Å². The maximum atomic E-state index is 12.9. The normalized spacial score (nSPS) is 11.0. The molecule has 0 unspecified atom stereocenters. The number of carboxylic acid groups (broad SMARTS) is 1. The second-order valence-corrected chi connectivity index (χ2v) is 7.73. The predicted molar refractivity (Wildman–Crippen MR) is 105 cm³/mol. The highest BCUT2D eigenvalue weighted by molar-refractivity contribution is 7.49. The zero-order valence-corrected chi connectivity index (χ0v) is 14.7. The van der Waals surface area contributed by atoms with E-state index < -0.39 is 16.4 Å². The molecule has 1 N–H and O–H groups in total. The fourth-order valence-electron chi connectivity index (χ4n) is 3.13. The Balaban J connectivity index is 2.24. The average molecular weight is 363 g/mol. The summed E-state index contributed by atoms with van der Waals surface area (Å²) in [6, 6.07) is 19.8. The maximum absolute atomic E-state index is 12.9. The first-order chi connectivity index (χ1) is 12.6. The third kappa shape index (κ3) is 2.45. The Bertz CT molecular complexity index is 1160. The number of hydrogen-bond acceptors (Lipinski definition) is 3. The van der Waals surface area contributed by atoms with Crippen LogP contribution in [-0.4, -0.2) is 18.2 Å². The number of hydrogen-bond donors (Lipinski definition) is 1. The van der Waals surface area contributed by atoms with E-state index in [0.717, 1.165) is 14.3 Å². The van der Waals surface area contributed by atoms with Crippen molar-refractivity contribution >= 4 is 36.6 Å². The molecule has 0 radical (unpaired) electrons. The molecule has 0 saturated carbocycles. The molecule has 0 saturated heterocycles. The molecule has 0 aliphatic carbocycles. The van der Waals surface area contributed by atoms with Gasteiger partial charge in [-0.2, -0.15) is 0 Å². The summed E-state index contributed by atoms with van der Waals surface area (Å²) in [7, 11) is 0.939. The molecule has 4 nitrogen and oxygen atoms in total. The molecular formula is C21H15O4S+. The van der Waals surface area contributed by atoms with Crippen LogP contribution in [-0.2, 0) is 0 Å². The number of methoxy groups -OCH3 is 1. The van der Waals surface area contributed by atoms with E-state index in [1.165, 1.54) is 6.07 Å². The minimum atomic E-state index is -0.993. The average Bonchev–Trinajstić information content (AvgIpc) is 2.68. The van der Waals surface area contributed by atoms with Crippen molar-refractivity contribution in [2.45, 2.75) is 0 Å². The maximum Gasteiger partial charge on any atom is 0.335 e. The lowest BCUT2D eigenvalue weighted by Crippen LogP contribution is -2.02. The van der Waals surface area contributed by atoms with Crippen molar-refractivity contribution in [3.63, 3.8) is 0 Å². The molecule has 128 valence electrons. The molecule has 0 aliphatic rings. The van der Waals surface area contributed by atoms with Crippen LogP contribution in [0.3, 0.4) is 0 Å². The van der Waals surface area contributed by atoms with E-state index in [2.05, 4.69) is 0 Å². The smallest absolute Gasteiger partial charge is 0.335 e. The highest BCUT2D eigenvalue weighted by atomic mass is 32.2. The van der Waals surface area contributed by atoms with Gasteiger partial charge in [-0.25, -0.2) is 4.79 Å². The van der Waals surface area contributed by atoms with E-state index in [1.807, 2.05) is 48.5 Å². The summed E-state index contributed by atoms with van der Waals surface area (Å²) in [5.74, 6) is -0.385. The number of carboxylic acids is 1. The van der Waals surface area contributed by atoms with E-state index in [9.17, 15) is 14.7 Å². The molecule has 26 heavy (non-hydrogen) atoms. The second kappa shape index (κ2) is 6.28. The number of fused-ring (bicyclic) bond motifs is 2. The van der Waals surface area contributed by atoms with Crippen LogP contribution in [0, 0.1) is 0 Å². The second-order valence-electron chi connectivity index (χ2n) is 5.80. The molecule has 0 fully saturated rings. The minimum Gasteiger partial charge on any atom is -0.491 e. The fraction of sp³-hybridized carbons (Fsp3) is 0.0476. The Hall–Kier alpha value is -3.18. The molecular weight excluding hydrogens is 348 g/mol. The Morgan fingerprint density at radius 3 is 2.04 bits per heavy atom. The third-order valence-corrected chi connectivity index (χ3v) is 6.68. The molecule has 1 heterocycles. The molecule has 0 amide bonds. The largest absolute Gasteiger partial charge is 0.491 e. The SMILES string of the molecule is COc1ccc(C(=O)O)cc1-[s+]1c2ccccc2c(=O)c2ccccc21. The lowest BCUT2D eigenvalue weighted by Gasteiger charge is -2.07. The third-order valence-electron chi connectivity index (χ3n) is 4.33. The van der Waals surface area contributed by atoms with Crippen LogP contribution in [0.15, 0.2) is 71.5 Å². The molecule has 3 aromatic carbocycles. The van der Waals surface area contributed by atoms with Gasteiger partial charge in [-0.15, -0.1) is 0 Å². The molecule has 0 aliphatic heterocycles.